The molecule has 0 aliphatic heterocycles. The third kappa shape index (κ3) is 5.87. The van der Waals surface area contributed by atoms with Crippen molar-refractivity contribution in [2.24, 2.45) is 5.92 Å². The van der Waals surface area contributed by atoms with E-state index in [1.807, 2.05) is 19.1 Å². The highest BCUT2D eigenvalue weighted by atomic mass is 32.2. The van der Waals surface area contributed by atoms with Crippen LogP contribution < -0.4 is 5.32 Å². The lowest BCUT2D eigenvalue weighted by atomic mass is 10.2. The predicted molar refractivity (Wildman–Crippen MR) is 93.9 cm³/mol. The van der Waals surface area contributed by atoms with Crippen LogP contribution in [0.5, 0.6) is 0 Å². The molecule has 8 heteroatoms. The second-order valence-corrected chi connectivity index (χ2v) is 7.90. The van der Waals surface area contributed by atoms with Crippen LogP contribution in [0.15, 0.2) is 20.9 Å². The van der Waals surface area contributed by atoms with Crippen molar-refractivity contribution in [3.05, 3.63) is 23.7 Å². The Morgan fingerprint density at radius 2 is 2.22 bits per heavy atom. The van der Waals surface area contributed by atoms with Crippen molar-refractivity contribution in [2.45, 2.75) is 31.7 Å². The number of hydrogen-bond acceptors (Lipinski definition) is 7. The molecule has 0 aliphatic carbocycles. The van der Waals surface area contributed by atoms with Gasteiger partial charge in [-0.1, -0.05) is 36.9 Å². The van der Waals surface area contributed by atoms with Gasteiger partial charge in [0, 0.05) is 13.6 Å². The van der Waals surface area contributed by atoms with E-state index in [0.717, 1.165) is 27.5 Å². The normalized spacial score (nSPS) is 11.0. The van der Waals surface area contributed by atoms with Gasteiger partial charge >= 0.3 is 0 Å². The van der Waals surface area contributed by atoms with E-state index < -0.39 is 0 Å². The van der Waals surface area contributed by atoms with Gasteiger partial charge in [0.05, 0.1) is 12.3 Å². The number of aryl methyl sites for hydroxylation is 1. The zero-order valence-corrected chi connectivity index (χ0v) is 15.5. The highest BCUT2D eigenvalue weighted by molar-refractivity contribution is 8.01. The van der Waals surface area contributed by atoms with Gasteiger partial charge in [-0.25, -0.2) is 0 Å². The van der Waals surface area contributed by atoms with Crippen LogP contribution in [-0.2, 0) is 11.3 Å². The maximum atomic E-state index is 12.2. The summed E-state index contributed by atoms with van der Waals surface area (Å²) in [6.45, 7) is 7.51. The van der Waals surface area contributed by atoms with Gasteiger partial charge in [-0.15, -0.1) is 10.2 Å². The predicted octanol–water partition coefficient (Wildman–Crippen LogP) is 3.26. The average molecular weight is 355 g/mol. The van der Waals surface area contributed by atoms with Crippen LogP contribution in [0, 0.1) is 12.8 Å². The molecule has 2 heterocycles. The van der Waals surface area contributed by atoms with Crippen molar-refractivity contribution in [2.75, 3.05) is 24.7 Å². The molecule has 2 rings (SSSR count). The van der Waals surface area contributed by atoms with Crippen molar-refractivity contribution in [3.63, 3.8) is 0 Å². The number of carbonyl (C=O) groups excluding carboxylic acids is 1. The summed E-state index contributed by atoms with van der Waals surface area (Å²) >= 11 is 2.89. The minimum Gasteiger partial charge on any atom is -0.464 e. The van der Waals surface area contributed by atoms with Crippen LogP contribution in [0.1, 0.15) is 25.4 Å². The second kappa shape index (κ2) is 8.35. The van der Waals surface area contributed by atoms with E-state index in [2.05, 4.69) is 29.4 Å². The summed E-state index contributed by atoms with van der Waals surface area (Å²) in [5.41, 5.74) is 0. The molecule has 2 aromatic heterocycles. The van der Waals surface area contributed by atoms with Gasteiger partial charge in [0.1, 0.15) is 11.5 Å². The van der Waals surface area contributed by atoms with Crippen LogP contribution in [0.25, 0.3) is 0 Å². The lowest BCUT2D eigenvalue weighted by molar-refractivity contribution is -0.127. The third-order valence-corrected chi connectivity index (χ3v) is 5.00. The lowest BCUT2D eigenvalue weighted by Gasteiger charge is -2.14. The van der Waals surface area contributed by atoms with Gasteiger partial charge in [-0.3, -0.25) is 4.79 Å². The second-order valence-electron chi connectivity index (χ2n) is 5.70. The van der Waals surface area contributed by atoms with Crippen LogP contribution in [-0.4, -0.2) is 40.3 Å². The van der Waals surface area contributed by atoms with Crippen molar-refractivity contribution >= 4 is 34.1 Å². The molecular weight excluding hydrogens is 332 g/mol. The number of hydrogen-bond donors (Lipinski definition) is 1. The van der Waals surface area contributed by atoms with Crippen molar-refractivity contribution < 1.29 is 9.21 Å². The van der Waals surface area contributed by atoms with E-state index in [0.29, 0.717) is 18.2 Å². The average Bonchev–Trinajstić information content (AvgIpc) is 3.11. The molecule has 0 unspecified atom stereocenters. The van der Waals surface area contributed by atoms with Crippen LogP contribution in [0.4, 0.5) is 5.13 Å². The lowest BCUT2D eigenvalue weighted by Crippen LogP contribution is -2.27. The fourth-order valence-corrected chi connectivity index (χ4v) is 3.46. The first-order chi connectivity index (χ1) is 10.9. The number of furan rings is 1. The quantitative estimate of drug-likeness (QED) is 0.734. The van der Waals surface area contributed by atoms with Crippen LogP contribution in [0.3, 0.4) is 0 Å². The van der Waals surface area contributed by atoms with Gasteiger partial charge in [0.25, 0.3) is 0 Å². The highest BCUT2D eigenvalue weighted by Gasteiger charge is 2.13. The Balaban J connectivity index is 1.77. The Morgan fingerprint density at radius 3 is 2.87 bits per heavy atom. The Morgan fingerprint density at radius 1 is 1.43 bits per heavy atom. The summed E-state index contributed by atoms with van der Waals surface area (Å²) in [5.74, 6) is 2.58. The third-order valence-electron chi connectivity index (χ3n) is 3.00. The highest BCUT2D eigenvalue weighted by Crippen LogP contribution is 2.25. The fraction of sp³-hybridized carbons (Fsp3) is 0.533. The fourth-order valence-electron chi connectivity index (χ4n) is 1.76. The first-order valence-corrected chi connectivity index (χ1v) is 9.23. The Hall–Kier alpha value is -1.54. The molecule has 1 amide bonds. The van der Waals surface area contributed by atoms with E-state index in [1.54, 1.807) is 11.9 Å². The van der Waals surface area contributed by atoms with Gasteiger partial charge in [0.15, 0.2) is 4.34 Å². The summed E-state index contributed by atoms with van der Waals surface area (Å²) in [5, 5.41) is 12.2. The zero-order valence-electron chi connectivity index (χ0n) is 13.8. The number of amides is 1. The first kappa shape index (κ1) is 17.8. The molecule has 0 aliphatic rings. The van der Waals surface area contributed by atoms with E-state index in [-0.39, 0.29) is 5.91 Å². The van der Waals surface area contributed by atoms with Gasteiger partial charge < -0.3 is 14.6 Å². The van der Waals surface area contributed by atoms with E-state index >= 15 is 0 Å². The SMILES string of the molecule is Cc1ccc(CN(C)C(=O)CSc2nnc(NCC(C)C)s2)o1. The molecule has 0 aromatic carbocycles. The van der Waals surface area contributed by atoms with Crippen molar-refractivity contribution in [1.29, 1.82) is 0 Å². The zero-order chi connectivity index (χ0) is 16.8. The summed E-state index contributed by atoms with van der Waals surface area (Å²) in [6.07, 6.45) is 0. The summed E-state index contributed by atoms with van der Waals surface area (Å²) in [6, 6.07) is 3.79. The molecule has 0 radical (unpaired) electrons. The Labute approximate surface area is 144 Å². The summed E-state index contributed by atoms with van der Waals surface area (Å²) in [7, 11) is 1.77. The smallest absolute Gasteiger partial charge is 0.233 e. The van der Waals surface area contributed by atoms with Gasteiger partial charge in [-0.2, -0.15) is 0 Å². The number of aromatic nitrogens is 2. The van der Waals surface area contributed by atoms with E-state index in [9.17, 15) is 4.79 Å². The van der Waals surface area contributed by atoms with Gasteiger partial charge in [-0.05, 0) is 25.0 Å². The molecular formula is C15H22N4O2S2. The molecule has 2 aromatic rings. The van der Waals surface area contributed by atoms with Crippen molar-refractivity contribution in [3.8, 4) is 0 Å². The number of carbonyl (C=O) groups is 1. The largest absolute Gasteiger partial charge is 0.464 e. The monoisotopic (exact) mass is 354 g/mol. The maximum absolute atomic E-state index is 12.2. The number of nitrogens with zero attached hydrogens (tertiary/aromatic N) is 3. The van der Waals surface area contributed by atoms with Gasteiger partial charge in [0.2, 0.25) is 11.0 Å². The number of thioether (sulfide) groups is 1. The molecule has 6 nitrogen and oxygen atoms in total. The number of rotatable bonds is 8. The topological polar surface area (TPSA) is 71.3 Å². The number of anilines is 1. The molecule has 1 N–H and O–H groups in total. The molecule has 0 spiro atoms. The minimum absolute atomic E-state index is 0.0379. The molecule has 0 fully saturated rings. The summed E-state index contributed by atoms with van der Waals surface area (Å²) < 4.78 is 6.29. The van der Waals surface area contributed by atoms with E-state index in [1.165, 1.54) is 23.1 Å². The molecule has 0 atom stereocenters. The minimum atomic E-state index is 0.0379. The molecule has 126 valence electrons. The maximum Gasteiger partial charge on any atom is 0.233 e. The molecule has 0 saturated heterocycles. The first-order valence-electron chi connectivity index (χ1n) is 7.43. The van der Waals surface area contributed by atoms with E-state index in [4.69, 9.17) is 4.42 Å². The Bertz CT molecular complexity index is 639. The molecule has 23 heavy (non-hydrogen) atoms. The Kier molecular flexibility index (Phi) is 6.47. The molecule has 0 saturated carbocycles. The van der Waals surface area contributed by atoms with Crippen molar-refractivity contribution in [1.82, 2.24) is 15.1 Å². The number of nitrogens with one attached hydrogen (secondary N) is 1. The molecule has 0 bridgehead atoms. The van der Waals surface area contributed by atoms with Crippen LogP contribution >= 0.6 is 23.1 Å². The standard InChI is InChI=1S/C15H22N4O2S2/c1-10(2)7-16-14-17-18-15(23-14)22-9-13(20)19(4)8-12-6-5-11(3)21-12/h5-6,10H,7-9H2,1-4H3,(H,16,17). The van der Waals surface area contributed by atoms with Crippen LogP contribution in [0.2, 0.25) is 0 Å². The summed E-state index contributed by atoms with van der Waals surface area (Å²) in [4.78, 5) is 13.8.